The van der Waals surface area contributed by atoms with E-state index in [0.717, 1.165) is 18.8 Å². The van der Waals surface area contributed by atoms with E-state index in [4.69, 9.17) is 4.42 Å². The first-order chi connectivity index (χ1) is 10.5. The smallest absolute Gasteiger partial charge is 0.291 e. The van der Waals surface area contributed by atoms with Crippen molar-refractivity contribution < 1.29 is 9.21 Å². The summed E-state index contributed by atoms with van der Waals surface area (Å²) in [6, 6.07) is 0. The first-order valence-corrected chi connectivity index (χ1v) is 7.71. The minimum absolute atomic E-state index is 0.0615. The quantitative estimate of drug-likeness (QED) is 0.873. The van der Waals surface area contributed by atoms with Gasteiger partial charge in [0.2, 0.25) is 5.76 Å². The Balaban J connectivity index is 1.76. The highest BCUT2D eigenvalue weighted by atomic mass is 16.4. The number of aryl methyl sites for hydroxylation is 2. The number of oxazole rings is 1. The summed E-state index contributed by atoms with van der Waals surface area (Å²) in [5.74, 6) is 2.45. The normalized spacial score (nSPS) is 18.4. The van der Waals surface area contributed by atoms with Crippen molar-refractivity contribution in [1.29, 1.82) is 0 Å². The van der Waals surface area contributed by atoms with Crippen molar-refractivity contribution in [1.82, 2.24) is 19.4 Å². The van der Waals surface area contributed by atoms with Crippen molar-refractivity contribution in [2.75, 3.05) is 13.1 Å². The Morgan fingerprint density at radius 2 is 2.23 bits per heavy atom. The van der Waals surface area contributed by atoms with E-state index in [1.54, 1.807) is 6.20 Å². The third kappa shape index (κ3) is 2.53. The zero-order valence-corrected chi connectivity index (χ0v) is 13.5. The summed E-state index contributed by atoms with van der Waals surface area (Å²) in [6.45, 7) is 7.25. The van der Waals surface area contributed by atoms with Crippen LogP contribution in [0.5, 0.6) is 0 Å². The summed E-state index contributed by atoms with van der Waals surface area (Å²) >= 11 is 0. The number of hydrogen-bond acceptors (Lipinski definition) is 4. The summed E-state index contributed by atoms with van der Waals surface area (Å²) in [4.78, 5) is 23.3. The first-order valence-electron chi connectivity index (χ1n) is 7.71. The Morgan fingerprint density at radius 1 is 1.45 bits per heavy atom. The standard InChI is InChI=1S/C16H22N4O2/c1-10(2)15-18-11(3)13(22-15)16(21)20-7-5-12(9-20)14-17-6-8-19(14)4/h6,8,10,12H,5,7,9H2,1-4H3. The number of carbonyl (C=O) groups excluding carboxylic acids is 1. The van der Waals surface area contributed by atoms with Gasteiger partial charge in [-0.15, -0.1) is 0 Å². The maximum absolute atomic E-state index is 12.7. The molecule has 1 atom stereocenters. The summed E-state index contributed by atoms with van der Waals surface area (Å²) in [5.41, 5.74) is 0.675. The second kappa shape index (κ2) is 5.59. The third-order valence-electron chi connectivity index (χ3n) is 4.20. The zero-order chi connectivity index (χ0) is 15.9. The van der Waals surface area contributed by atoms with Crippen molar-refractivity contribution in [2.45, 2.75) is 39.0 Å². The van der Waals surface area contributed by atoms with Crippen LogP contribution in [-0.4, -0.2) is 38.4 Å². The van der Waals surface area contributed by atoms with Gasteiger partial charge in [0.1, 0.15) is 5.82 Å². The van der Waals surface area contributed by atoms with Crippen LogP contribution in [0, 0.1) is 6.92 Å². The molecule has 0 N–H and O–H groups in total. The van der Waals surface area contributed by atoms with E-state index in [-0.39, 0.29) is 17.7 Å². The van der Waals surface area contributed by atoms with Crippen LogP contribution in [0.1, 0.15) is 60.1 Å². The molecule has 0 bridgehead atoms. The minimum Gasteiger partial charge on any atom is -0.435 e. The summed E-state index contributed by atoms with van der Waals surface area (Å²) in [5, 5.41) is 0. The molecule has 0 radical (unpaired) electrons. The third-order valence-corrected chi connectivity index (χ3v) is 4.20. The molecule has 2 aromatic heterocycles. The average Bonchev–Trinajstić information content (AvgIpc) is 3.16. The van der Waals surface area contributed by atoms with Gasteiger partial charge in [-0.2, -0.15) is 0 Å². The van der Waals surface area contributed by atoms with E-state index in [0.29, 0.717) is 23.9 Å². The summed E-state index contributed by atoms with van der Waals surface area (Å²) in [7, 11) is 1.99. The maximum Gasteiger partial charge on any atom is 0.291 e. The fourth-order valence-electron chi connectivity index (χ4n) is 2.93. The molecule has 1 aliphatic heterocycles. The van der Waals surface area contributed by atoms with Gasteiger partial charge in [0.05, 0.1) is 5.69 Å². The number of aromatic nitrogens is 3. The van der Waals surface area contributed by atoms with E-state index in [1.807, 2.05) is 43.5 Å². The SMILES string of the molecule is Cc1nc(C(C)C)oc1C(=O)N1CCC(c2nccn2C)C1. The first kappa shape index (κ1) is 14.8. The molecule has 3 heterocycles. The van der Waals surface area contributed by atoms with Crippen LogP contribution in [0.25, 0.3) is 0 Å². The molecular formula is C16H22N4O2. The predicted molar refractivity (Wildman–Crippen MR) is 81.8 cm³/mol. The molecule has 1 saturated heterocycles. The second-order valence-electron chi connectivity index (χ2n) is 6.25. The Labute approximate surface area is 130 Å². The number of hydrogen-bond donors (Lipinski definition) is 0. The van der Waals surface area contributed by atoms with Crippen molar-refractivity contribution in [3.63, 3.8) is 0 Å². The average molecular weight is 302 g/mol. The Bertz CT molecular complexity index is 686. The van der Waals surface area contributed by atoms with E-state index in [2.05, 4.69) is 9.97 Å². The molecule has 0 saturated carbocycles. The molecule has 1 amide bonds. The Kier molecular flexibility index (Phi) is 3.76. The Hall–Kier alpha value is -2.11. The molecule has 3 rings (SSSR count). The second-order valence-corrected chi connectivity index (χ2v) is 6.25. The van der Waals surface area contributed by atoms with Crippen LogP contribution in [-0.2, 0) is 7.05 Å². The minimum atomic E-state index is -0.0615. The van der Waals surface area contributed by atoms with Gasteiger partial charge in [-0.3, -0.25) is 4.79 Å². The zero-order valence-electron chi connectivity index (χ0n) is 13.5. The van der Waals surface area contributed by atoms with E-state index < -0.39 is 0 Å². The van der Waals surface area contributed by atoms with Crippen molar-refractivity contribution in [3.05, 3.63) is 35.6 Å². The maximum atomic E-state index is 12.7. The van der Waals surface area contributed by atoms with E-state index in [1.165, 1.54) is 0 Å². The van der Waals surface area contributed by atoms with Crippen LogP contribution in [0.3, 0.4) is 0 Å². The fourth-order valence-corrected chi connectivity index (χ4v) is 2.93. The fraction of sp³-hybridized carbons (Fsp3) is 0.562. The lowest BCUT2D eigenvalue weighted by molar-refractivity contribution is 0.0755. The van der Waals surface area contributed by atoms with Gasteiger partial charge in [-0.1, -0.05) is 13.8 Å². The molecule has 22 heavy (non-hydrogen) atoms. The van der Waals surface area contributed by atoms with Crippen LogP contribution in [0.4, 0.5) is 0 Å². The van der Waals surface area contributed by atoms with Gasteiger partial charge in [-0.05, 0) is 13.3 Å². The van der Waals surface area contributed by atoms with Crippen LogP contribution < -0.4 is 0 Å². The van der Waals surface area contributed by atoms with Crippen LogP contribution in [0.2, 0.25) is 0 Å². The molecule has 1 fully saturated rings. The van der Waals surface area contributed by atoms with Gasteiger partial charge in [0.25, 0.3) is 5.91 Å². The number of carbonyl (C=O) groups is 1. The van der Waals surface area contributed by atoms with E-state index >= 15 is 0 Å². The van der Waals surface area contributed by atoms with Crippen LogP contribution >= 0.6 is 0 Å². The monoisotopic (exact) mass is 302 g/mol. The van der Waals surface area contributed by atoms with Gasteiger partial charge in [0.15, 0.2) is 5.89 Å². The van der Waals surface area contributed by atoms with Gasteiger partial charge >= 0.3 is 0 Å². The number of likely N-dealkylation sites (tertiary alicyclic amines) is 1. The van der Waals surface area contributed by atoms with Crippen LogP contribution in [0.15, 0.2) is 16.8 Å². The molecule has 0 aliphatic carbocycles. The molecule has 0 spiro atoms. The molecule has 0 aromatic carbocycles. The predicted octanol–water partition coefficient (Wildman–Crippen LogP) is 2.47. The Morgan fingerprint density at radius 3 is 2.82 bits per heavy atom. The molecule has 118 valence electrons. The molecule has 6 heteroatoms. The van der Waals surface area contributed by atoms with Gasteiger partial charge < -0.3 is 13.9 Å². The van der Waals surface area contributed by atoms with Gasteiger partial charge in [-0.25, -0.2) is 9.97 Å². The molecule has 2 aromatic rings. The lowest BCUT2D eigenvalue weighted by Crippen LogP contribution is -2.29. The lowest BCUT2D eigenvalue weighted by Gasteiger charge is -2.15. The number of amides is 1. The topological polar surface area (TPSA) is 64.2 Å². The summed E-state index contributed by atoms with van der Waals surface area (Å²) in [6.07, 6.45) is 4.67. The largest absolute Gasteiger partial charge is 0.435 e. The number of nitrogens with zero attached hydrogens (tertiary/aromatic N) is 4. The highest BCUT2D eigenvalue weighted by Gasteiger charge is 2.32. The molecule has 1 unspecified atom stereocenters. The molecule has 6 nitrogen and oxygen atoms in total. The number of imidazole rings is 1. The molecule has 1 aliphatic rings. The van der Waals surface area contributed by atoms with Crippen molar-refractivity contribution in [3.8, 4) is 0 Å². The van der Waals surface area contributed by atoms with E-state index in [9.17, 15) is 4.79 Å². The number of rotatable bonds is 3. The molecular weight excluding hydrogens is 280 g/mol. The van der Waals surface area contributed by atoms with Crippen molar-refractivity contribution >= 4 is 5.91 Å². The van der Waals surface area contributed by atoms with Gasteiger partial charge in [0, 0.05) is 44.4 Å². The highest BCUT2D eigenvalue weighted by Crippen LogP contribution is 2.28. The highest BCUT2D eigenvalue weighted by molar-refractivity contribution is 5.92. The summed E-state index contributed by atoms with van der Waals surface area (Å²) < 4.78 is 7.70. The van der Waals surface area contributed by atoms with Crippen molar-refractivity contribution in [2.24, 2.45) is 7.05 Å². The lowest BCUT2D eigenvalue weighted by atomic mass is 10.1.